The zero-order chi connectivity index (χ0) is 12.0. The highest BCUT2D eigenvalue weighted by atomic mass is 16.5. The molecule has 0 saturated heterocycles. The molecule has 1 aromatic rings. The van der Waals surface area contributed by atoms with E-state index in [-0.39, 0.29) is 12.2 Å². The van der Waals surface area contributed by atoms with Gasteiger partial charge in [-0.05, 0) is 38.7 Å². The third kappa shape index (κ3) is 4.77. The number of aryl methyl sites for hydroxylation is 1. The lowest BCUT2D eigenvalue weighted by Gasteiger charge is -2.14. The van der Waals surface area contributed by atoms with Gasteiger partial charge in [-0.15, -0.1) is 0 Å². The summed E-state index contributed by atoms with van der Waals surface area (Å²) in [6.45, 7) is 4.10. The first-order valence-electron chi connectivity index (χ1n) is 5.88. The van der Waals surface area contributed by atoms with Gasteiger partial charge < -0.3 is 9.84 Å². The molecule has 0 aliphatic heterocycles. The Labute approximate surface area is 98.3 Å². The number of rotatable bonds is 6. The summed E-state index contributed by atoms with van der Waals surface area (Å²) in [5, 5.41) is 9.88. The summed E-state index contributed by atoms with van der Waals surface area (Å²) < 4.78 is 5.16. The van der Waals surface area contributed by atoms with E-state index in [1.807, 2.05) is 13.0 Å². The molecular formula is C14H22O2. The fourth-order valence-electron chi connectivity index (χ4n) is 1.76. The highest BCUT2D eigenvalue weighted by Crippen LogP contribution is 2.11. The van der Waals surface area contributed by atoms with Crippen LogP contribution in [0.25, 0.3) is 0 Å². The Bertz CT molecular complexity index is 309. The second-order valence-electron chi connectivity index (χ2n) is 4.47. The summed E-state index contributed by atoms with van der Waals surface area (Å²) >= 11 is 0. The highest BCUT2D eigenvalue weighted by molar-refractivity contribution is 5.22. The first kappa shape index (κ1) is 13.2. The molecule has 2 nitrogen and oxygen atoms in total. The second kappa shape index (κ2) is 6.66. The van der Waals surface area contributed by atoms with Gasteiger partial charge in [0.1, 0.15) is 0 Å². The Hall–Kier alpha value is -0.860. The molecular weight excluding hydrogens is 200 g/mol. The Morgan fingerprint density at radius 2 is 2.06 bits per heavy atom. The maximum Gasteiger partial charge on any atom is 0.0581 e. The molecule has 1 N–H and O–H groups in total. The number of hydrogen-bond acceptors (Lipinski definition) is 2. The highest BCUT2D eigenvalue weighted by Gasteiger charge is 2.08. The van der Waals surface area contributed by atoms with E-state index < -0.39 is 0 Å². The van der Waals surface area contributed by atoms with Crippen LogP contribution >= 0.6 is 0 Å². The van der Waals surface area contributed by atoms with Crippen LogP contribution in [-0.4, -0.2) is 24.4 Å². The number of hydrogen-bond donors (Lipinski definition) is 1. The topological polar surface area (TPSA) is 29.5 Å². The molecule has 2 heteroatoms. The van der Waals surface area contributed by atoms with Gasteiger partial charge in [-0.2, -0.15) is 0 Å². The summed E-state index contributed by atoms with van der Waals surface area (Å²) in [5.74, 6) is 0. The largest absolute Gasteiger partial charge is 0.393 e. The van der Waals surface area contributed by atoms with E-state index in [0.717, 1.165) is 19.3 Å². The standard InChI is InChI=1S/C14H22O2/c1-11-5-4-6-13(9-11)10-14(15)8-7-12(2)16-3/h4-6,9,12,14-15H,7-8,10H2,1-3H3. The fourth-order valence-corrected chi connectivity index (χ4v) is 1.76. The first-order valence-corrected chi connectivity index (χ1v) is 5.88. The van der Waals surface area contributed by atoms with E-state index in [2.05, 4.69) is 25.1 Å². The van der Waals surface area contributed by atoms with Gasteiger partial charge in [-0.3, -0.25) is 0 Å². The Balaban J connectivity index is 2.36. The zero-order valence-corrected chi connectivity index (χ0v) is 10.4. The van der Waals surface area contributed by atoms with E-state index in [1.54, 1.807) is 7.11 Å². The van der Waals surface area contributed by atoms with Gasteiger partial charge in [-0.1, -0.05) is 29.8 Å². The average molecular weight is 222 g/mol. The van der Waals surface area contributed by atoms with Crippen molar-refractivity contribution in [3.8, 4) is 0 Å². The molecule has 1 rings (SSSR count). The Kier molecular flexibility index (Phi) is 5.50. The minimum Gasteiger partial charge on any atom is -0.393 e. The fraction of sp³-hybridized carbons (Fsp3) is 0.571. The van der Waals surface area contributed by atoms with Crippen molar-refractivity contribution in [2.75, 3.05) is 7.11 Å². The van der Waals surface area contributed by atoms with Crippen molar-refractivity contribution in [3.63, 3.8) is 0 Å². The van der Waals surface area contributed by atoms with Gasteiger partial charge in [0.05, 0.1) is 12.2 Å². The summed E-state index contributed by atoms with van der Waals surface area (Å²) in [7, 11) is 1.71. The third-order valence-electron chi connectivity index (χ3n) is 2.86. The molecule has 0 radical (unpaired) electrons. The van der Waals surface area contributed by atoms with Crippen molar-refractivity contribution in [2.45, 2.75) is 45.3 Å². The predicted octanol–water partition coefficient (Wildman–Crippen LogP) is 2.71. The first-order chi connectivity index (χ1) is 7.61. The lowest BCUT2D eigenvalue weighted by molar-refractivity contribution is 0.0851. The normalized spacial score (nSPS) is 14.8. The predicted molar refractivity (Wildman–Crippen MR) is 66.6 cm³/mol. The molecule has 0 aliphatic carbocycles. The quantitative estimate of drug-likeness (QED) is 0.802. The van der Waals surface area contributed by atoms with Gasteiger partial charge in [0, 0.05) is 7.11 Å². The van der Waals surface area contributed by atoms with Crippen LogP contribution in [0.1, 0.15) is 30.9 Å². The van der Waals surface area contributed by atoms with Crippen molar-refractivity contribution < 1.29 is 9.84 Å². The SMILES string of the molecule is COC(C)CCC(O)Cc1cccc(C)c1. The van der Waals surface area contributed by atoms with Crippen molar-refractivity contribution in [2.24, 2.45) is 0 Å². The van der Waals surface area contributed by atoms with Crippen LogP contribution in [0, 0.1) is 6.92 Å². The molecule has 0 heterocycles. The molecule has 0 amide bonds. The van der Waals surface area contributed by atoms with Gasteiger partial charge in [0.2, 0.25) is 0 Å². The number of methoxy groups -OCH3 is 1. The van der Waals surface area contributed by atoms with Gasteiger partial charge in [0.15, 0.2) is 0 Å². The average Bonchev–Trinajstić information content (AvgIpc) is 2.26. The van der Waals surface area contributed by atoms with Crippen molar-refractivity contribution in [1.29, 1.82) is 0 Å². The van der Waals surface area contributed by atoms with E-state index in [9.17, 15) is 5.11 Å². The zero-order valence-electron chi connectivity index (χ0n) is 10.4. The molecule has 0 aliphatic rings. The molecule has 2 atom stereocenters. The van der Waals surface area contributed by atoms with E-state index >= 15 is 0 Å². The lowest BCUT2D eigenvalue weighted by Crippen LogP contribution is -2.14. The molecule has 0 spiro atoms. The molecule has 1 aromatic carbocycles. The molecule has 16 heavy (non-hydrogen) atoms. The number of aliphatic hydroxyl groups excluding tert-OH is 1. The maximum absolute atomic E-state index is 9.88. The van der Waals surface area contributed by atoms with Crippen LogP contribution < -0.4 is 0 Å². The molecule has 0 aromatic heterocycles. The van der Waals surface area contributed by atoms with Crippen LogP contribution in [0.5, 0.6) is 0 Å². The van der Waals surface area contributed by atoms with Crippen molar-refractivity contribution >= 4 is 0 Å². The van der Waals surface area contributed by atoms with Crippen molar-refractivity contribution in [3.05, 3.63) is 35.4 Å². The van der Waals surface area contributed by atoms with Crippen molar-refractivity contribution in [1.82, 2.24) is 0 Å². The van der Waals surface area contributed by atoms with E-state index in [0.29, 0.717) is 0 Å². The Morgan fingerprint density at radius 1 is 1.31 bits per heavy atom. The molecule has 90 valence electrons. The number of aliphatic hydroxyl groups is 1. The van der Waals surface area contributed by atoms with Crippen LogP contribution in [0.3, 0.4) is 0 Å². The third-order valence-corrected chi connectivity index (χ3v) is 2.86. The minimum atomic E-state index is -0.264. The summed E-state index contributed by atoms with van der Waals surface area (Å²) in [6.07, 6.45) is 2.40. The summed E-state index contributed by atoms with van der Waals surface area (Å²) in [4.78, 5) is 0. The van der Waals surface area contributed by atoms with Gasteiger partial charge in [0.25, 0.3) is 0 Å². The molecule has 2 unspecified atom stereocenters. The van der Waals surface area contributed by atoms with Crippen LogP contribution in [0.4, 0.5) is 0 Å². The number of ether oxygens (including phenoxy) is 1. The van der Waals surface area contributed by atoms with Gasteiger partial charge in [-0.25, -0.2) is 0 Å². The summed E-state index contributed by atoms with van der Waals surface area (Å²) in [6, 6.07) is 8.30. The lowest BCUT2D eigenvalue weighted by atomic mass is 10.0. The number of benzene rings is 1. The van der Waals surface area contributed by atoms with E-state index in [1.165, 1.54) is 11.1 Å². The summed E-state index contributed by atoms with van der Waals surface area (Å²) in [5.41, 5.74) is 2.45. The second-order valence-corrected chi connectivity index (χ2v) is 4.47. The smallest absolute Gasteiger partial charge is 0.0581 e. The molecule has 0 bridgehead atoms. The van der Waals surface area contributed by atoms with Gasteiger partial charge >= 0.3 is 0 Å². The van der Waals surface area contributed by atoms with Crippen LogP contribution in [-0.2, 0) is 11.2 Å². The minimum absolute atomic E-state index is 0.229. The Morgan fingerprint density at radius 3 is 2.69 bits per heavy atom. The van der Waals surface area contributed by atoms with Crippen LogP contribution in [0.2, 0.25) is 0 Å². The van der Waals surface area contributed by atoms with Crippen LogP contribution in [0.15, 0.2) is 24.3 Å². The molecule has 0 fully saturated rings. The molecule has 0 saturated carbocycles. The monoisotopic (exact) mass is 222 g/mol. The van der Waals surface area contributed by atoms with E-state index in [4.69, 9.17) is 4.74 Å². The maximum atomic E-state index is 9.88.